The standard InChI is InChI=1S/C12H13ClN4O2/c1-7-16-11(19-17-7)4-5-15-12(18)9-3-2-8(14)6-10(9)13/h2-3,6H,4-5,14H2,1H3,(H,15,18). The molecule has 1 amide bonds. The molecule has 19 heavy (non-hydrogen) atoms. The summed E-state index contributed by atoms with van der Waals surface area (Å²) in [7, 11) is 0. The van der Waals surface area contributed by atoms with Gasteiger partial charge in [-0.3, -0.25) is 4.79 Å². The second-order valence-electron chi connectivity index (χ2n) is 3.98. The molecular weight excluding hydrogens is 268 g/mol. The van der Waals surface area contributed by atoms with Gasteiger partial charge in [0.15, 0.2) is 5.82 Å². The Bertz CT molecular complexity index is 597. The lowest BCUT2D eigenvalue weighted by atomic mass is 10.2. The summed E-state index contributed by atoms with van der Waals surface area (Å²) in [6.45, 7) is 2.13. The molecule has 6 nitrogen and oxygen atoms in total. The maximum Gasteiger partial charge on any atom is 0.252 e. The molecule has 1 heterocycles. The van der Waals surface area contributed by atoms with E-state index in [4.69, 9.17) is 21.9 Å². The van der Waals surface area contributed by atoms with Crippen LogP contribution in [0.1, 0.15) is 22.1 Å². The molecule has 7 heteroatoms. The lowest BCUT2D eigenvalue weighted by Crippen LogP contribution is -2.26. The van der Waals surface area contributed by atoms with Gasteiger partial charge in [0.25, 0.3) is 5.91 Å². The molecule has 0 atom stereocenters. The van der Waals surface area contributed by atoms with E-state index in [1.54, 1.807) is 19.1 Å². The summed E-state index contributed by atoms with van der Waals surface area (Å²) < 4.78 is 4.94. The number of carbonyl (C=O) groups is 1. The largest absolute Gasteiger partial charge is 0.399 e. The summed E-state index contributed by atoms with van der Waals surface area (Å²) in [5.41, 5.74) is 6.47. The molecule has 0 saturated carbocycles. The topological polar surface area (TPSA) is 94.0 Å². The Hall–Kier alpha value is -2.08. The van der Waals surface area contributed by atoms with Gasteiger partial charge in [-0.05, 0) is 25.1 Å². The van der Waals surface area contributed by atoms with Crippen LogP contribution in [0.2, 0.25) is 5.02 Å². The van der Waals surface area contributed by atoms with Gasteiger partial charge in [0.05, 0.1) is 10.6 Å². The lowest BCUT2D eigenvalue weighted by molar-refractivity contribution is 0.0953. The van der Waals surface area contributed by atoms with Crippen LogP contribution in [0.15, 0.2) is 22.7 Å². The first-order valence-corrected chi connectivity index (χ1v) is 6.06. The predicted molar refractivity (Wildman–Crippen MR) is 70.9 cm³/mol. The van der Waals surface area contributed by atoms with Crippen LogP contribution in [0.5, 0.6) is 0 Å². The molecule has 0 saturated heterocycles. The van der Waals surface area contributed by atoms with Crippen molar-refractivity contribution in [3.63, 3.8) is 0 Å². The second kappa shape index (κ2) is 5.71. The van der Waals surface area contributed by atoms with Crippen molar-refractivity contribution in [1.29, 1.82) is 0 Å². The van der Waals surface area contributed by atoms with Crippen molar-refractivity contribution >= 4 is 23.2 Å². The Labute approximate surface area is 114 Å². The number of nitrogens with one attached hydrogen (secondary N) is 1. The van der Waals surface area contributed by atoms with Gasteiger partial charge in [-0.25, -0.2) is 0 Å². The van der Waals surface area contributed by atoms with Crippen molar-refractivity contribution in [2.45, 2.75) is 13.3 Å². The van der Waals surface area contributed by atoms with Crippen LogP contribution in [0, 0.1) is 6.92 Å². The maximum atomic E-state index is 11.9. The quantitative estimate of drug-likeness (QED) is 0.829. The van der Waals surface area contributed by atoms with Crippen molar-refractivity contribution < 1.29 is 9.32 Å². The van der Waals surface area contributed by atoms with Gasteiger partial charge >= 0.3 is 0 Å². The molecule has 2 rings (SSSR count). The number of rotatable bonds is 4. The first-order valence-electron chi connectivity index (χ1n) is 5.68. The molecular formula is C12H13ClN4O2. The molecule has 0 spiro atoms. The fourth-order valence-electron chi connectivity index (χ4n) is 1.54. The monoisotopic (exact) mass is 280 g/mol. The second-order valence-corrected chi connectivity index (χ2v) is 4.39. The first kappa shape index (κ1) is 13.4. The van der Waals surface area contributed by atoms with Crippen LogP contribution >= 0.6 is 11.6 Å². The smallest absolute Gasteiger partial charge is 0.252 e. The summed E-state index contributed by atoms with van der Waals surface area (Å²) in [4.78, 5) is 15.9. The molecule has 0 aliphatic carbocycles. The Balaban J connectivity index is 1.90. The highest BCUT2D eigenvalue weighted by Gasteiger charge is 2.10. The molecule has 100 valence electrons. The summed E-state index contributed by atoms with van der Waals surface area (Å²) in [6, 6.07) is 4.75. The van der Waals surface area contributed by atoms with Gasteiger partial charge in [0.1, 0.15) is 0 Å². The number of hydrogen-bond donors (Lipinski definition) is 2. The number of nitrogens with two attached hydrogens (primary N) is 1. The number of nitrogen functional groups attached to an aromatic ring is 1. The van der Waals surface area contributed by atoms with E-state index in [0.29, 0.717) is 41.0 Å². The summed E-state index contributed by atoms with van der Waals surface area (Å²) in [6.07, 6.45) is 0.471. The van der Waals surface area contributed by atoms with E-state index in [2.05, 4.69) is 15.5 Å². The van der Waals surface area contributed by atoms with Crippen molar-refractivity contribution in [3.8, 4) is 0 Å². The zero-order valence-corrected chi connectivity index (χ0v) is 11.1. The van der Waals surface area contributed by atoms with E-state index in [-0.39, 0.29) is 5.91 Å². The fourth-order valence-corrected chi connectivity index (χ4v) is 1.81. The number of hydrogen-bond acceptors (Lipinski definition) is 5. The van der Waals surface area contributed by atoms with E-state index < -0.39 is 0 Å². The fraction of sp³-hybridized carbons (Fsp3) is 0.250. The Morgan fingerprint density at radius 3 is 2.95 bits per heavy atom. The minimum absolute atomic E-state index is 0.263. The number of nitrogens with zero attached hydrogens (tertiary/aromatic N) is 2. The zero-order valence-electron chi connectivity index (χ0n) is 10.3. The molecule has 0 fully saturated rings. The molecule has 0 radical (unpaired) electrons. The highest BCUT2D eigenvalue weighted by molar-refractivity contribution is 6.34. The summed E-state index contributed by atoms with van der Waals surface area (Å²) >= 11 is 5.94. The maximum absolute atomic E-state index is 11.9. The minimum Gasteiger partial charge on any atom is -0.399 e. The number of amides is 1. The van der Waals surface area contributed by atoms with Gasteiger partial charge < -0.3 is 15.6 Å². The molecule has 0 aliphatic heterocycles. The first-order chi connectivity index (χ1) is 9.06. The summed E-state index contributed by atoms with van der Waals surface area (Å²) in [5, 5.41) is 6.71. The molecule has 1 aromatic carbocycles. The van der Waals surface area contributed by atoms with Crippen LogP contribution in [0.3, 0.4) is 0 Å². The molecule has 0 bridgehead atoms. The molecule has 0 unspecified atom stereocenters. The van der Waals surface area contributed by atoms with Gasteiger partial charge in [0, 0.05) is 18.7 Å². The molecule has 0 aliphatic rings. The number of halogens is 1. The van der Waals surface area contributed by atoms with E-state index in [1.807, 2.05) is 0 Å². The SMILES string of the molecule is Cc1noc(CCNC(=O)c2ccc(N)cc2Cl)n1. The van der Waals surface area contributed by atoms with E-state index >= 15 is 0 Å². The molecule has 2 aromatic rings. The summed E-state index contributed by atoms with van der Waals surface area (Å²) in [5.74, 6) is 0.797. The van der Waals surface area contributed by atoms with Crippen LogP contribution in [-0.4, -0.2) is 22.6 Å². The van der Waals surface area contributed by atoms with Crippen molar-refractivity contribution in [2.75, 3.05) is 12.3 Å². The normalized spacial score (nSPS) is 10.4. The van der Waals surface area contributed by atoms with Crippen LogP contribution in [-0.2, 0) is 6.42 Å². The average Bonchev–Trinajstić information content (AvgIpc) is 2.75. The third-order valence-corrected chi connectivity index (χ3v) is 2.74. The lowest BCUT2D eigenvalue weighted by Gasteiger charge is -2.06. The Morgan fingerprint density at radius 1 is 1.53 bits per heavy atom. The Morgan fingerprint density at radius 2 is 2.32 bits per heavy atom. The van der Waals surface area contributed by atoms with Gasteiger partial charge in [0.2, 0.25) is 5.89 Å². The molecule has 1 aromatic heterocycles. The van der Waals surface area contributed by atoms with Gasteiger partial charge in [-0.1, -0.05) is 16.8 Å². The van der Waals surface area contributed by atoms with Crippen LogP contribution < -0.4 is 11.1 Å². The minimum atomic E-state index is -0.263. The highest BCUT2D eigenvalue weighted by Crippen LogP contribution is 2.18. The highest BCUT2D eigenvalue weighted by atomic mass is 35.5. The number of benzene rings is 1. The number of anilines is 1. The van der Waals surface area contributed by atoms with Gasteiger partial charge in [-0.2, -0.15) is 4.98 Å². The number of aryl methyl sites for hydroxylation is 1. The van der Waals surface area contributed by atoms with E-state index in [9.17, 15) is 4.79 Å². The van der Waals surface area contributed by atoms with E-state index in [0.717, 1.165) is 0 Å². The van der Waals surface area contributed by atoms with Crippen molar-refractivity contribution in [3.05, 3.63) is 40.5 Å². The predicted octanol–water partition coefficient (Wildman–Crippen LogP) is 1.59. The zero-order chi connectivity index (χ0) is 13.8. The third kappa shape index (κ3) is 3.45. The Kier molecular flexibility index (Phi) is 4.01. The molecule has 3 N–H and O–H groups in total. The van der Waals surface area contributed by atoms with Crippen LogP contribution in [0.25, 0.3) is 0 Å². The van der Waals surface area contributed by atoms with Crippen molar-refractivity contribution in [2.24, 2.45) is 0 Å². The number of aromatic nitrogens is 2. The third-order valence-electron chi connectivity index (χ3n) is 2.43. The number of carbonyl (C=O) groups excluding carboxylic acids is 1. The van der Waals surface area contributed by atoms with Crippen LogP contribution in [0.4, 0.5) is 5.69 Å². The van der Waals surface area contributed by atoms with E-state index in [1.165, 1.54) is 6.07 Å². The van der Waals surface area contributed by atoms with Crippen molar-refractivity contribution in [1.82, 2.24) is 15.5 Å². The van der Waals surface area contributed by atoms with Gasteiger partial charge in [-0.15, -0.1) is 0 Å². The average molecular weight is 281 g/mol.